The molecule has 2 rings (SSSR count). The fourth-order valence-electron chi connectivity index (χ4n) is 2.54. The maximum Gasteiger partial charge on any atom is 0.0455 e. The number of hydrogen-bond acceptors (Lipinski definition) is 2. The van der Waals surface area contributed by atoms with Gasteiger partial charge >= 0.3 is 0 Å². The molecule has 0 saturated carbocycles. The number of hydrogen-bond donors (Lipinski definition) is 1. The van der Waals surface area contributed by atoms with Crippen molar-refractivity contribution in [1.82, 2.24) is 4.90 Å². The minimum atomic E-state index is 0.581. The molecular formula is C15H23ClN2. The second-order valence-corrected chi connectivity index (χ2v) is 5.87. The van der Waals surface area contributed by atoms with Gasteiger partial charge in [-0.05, 0) is 51.3 Å². The predicted octanol–water partition coefficient (Wildman–Crippen LogP) is 3.93. The van der Waals surface area contributed by atoms with Crippen molar-refractivity contribution in [2.24, 2.45) is 0 Å². The minimum Gasteiger partial charge on any atom is -0.382 e. The van der Waals surface area contributed by atoms with Gasteiger partial charge in [-0.2, -0.15) is 0 Å². The summed E-state index contributed by atoms with van der Waals surface area (Å²) in [5.74, 6) is 0. The molecule has 0 unspecified atom stereocenters. The summed E-state index contributed by atoms with van der Waals surface area (Å²) in [7, 11) is 0. The summed E-state index contributed by atoms with van der Waals surface area (Å²) in [5.41, 5.74) is 2.34. The summed E-state index contributed by atoms with van der Waals surface area (Å²) in [6.07, 6.45) is 2.42. The van der Waals surface area contributed by atoms with E-state index >= 15 is 0 Å². The molecule has 0 aliphatic carbocycles. The molecule has 1 saturated heterocycles. The van der Waals surface area contributed by atoms with Gasteiger partial charge in [0.2, 0.25) is 0 Å². The summed E-state index contributed by atoms with van der Waals surface area (Å²) in [6.45, 7) is 9.00. The Balaban J connectivity index is 1.94. The van der Waals surface area contributed by atoms with Gasteiger partial charge in [-0.1, -0.05) is 17.7 Å². The topological polar surface area (TPSA) is 15.3 Å². The molecule has 0 atom stereocenters. The van der Waals surface area contributed by atoms with Crippen LogP contribution in [0.2, 0.25) is 5.02 Å². The Morgan fingerprint density at radius 2 is 1.94 bits per heavy atom. The molecule has 1 fully saturated rings. The van der Waals surface area contributed by atoms with Gasteiger partial charge in [0, 0.05) is 35.9 Å². The number of halogens is 1. The highest BCUT2D eigenvalue weighted by Crippen LogP contribution is 2.25. The normalized spacial score (nSPS) is 18.3. The van der Waals surface area contributed by atoms with E-state index in [-0.39, 0.29) is 0 Å². The summed E-state index contributed by atoms with van der Waals surface area (Å²) in [4.78, 5) is 2.54. The lowest BCUT2D eigenvalue weighted by Crippen LogP contribution is -2.42. The first kappa shape index (κ1) is 13.7. The molecule has 0 radical (unpaired) electrons. The van der Waals surface area contributed by atoms with Gasteiger partial charge in [0.05, 0.1) is 0 Å². The molecule has 0 bridgehead atoms. The molecule has 100 valence electrons. The van der Waals surface area contributed by atoms with Gasteiger partial charge < -0.3 is 10.2 Å². The van der Waals surface area contributed by atoms with Gasteiger partial charge in [0.15, 0.2) is 0 Å². The average molecular weight is 267 g/mol. The van der Waals surface area contributed by atoms with Crippen LogP contribution in [0.5, 0.6) is 0 Å². The molecule has 0 spiro atoms. The molecule has 1 aromatic carbocycles. The molecule has 0 aromatic heterocycles. The third kappa shape index (κ3) is 3.18. The van der Waals surface area contributed by atoms with E-state index < -0.39 is 0 Å². The number of rotatable bonds is 3. The maximum atomic E-state index is 6.15. The Bertz CT molecular complexity index is 395. The second kappa shape index (κ2) is 5.94. The third-order valence-electron chi connectivity index (χ3n) is 3.89. The van der Waals surface area contributed by atoms with Crippen LogP contribution in [0.4, 0.5) is 5.69 Å². The molecule has 1 heterocycles. The van der Waals surface area contributed by atoms with Crippen molar-refractivity contribution >= 4 is 17.3 Å². The molecule has 2 nitrogen and oxygen atoms in total. The van der Waals surface area contributed by atoms with Crippen molar-refractivity contribution in [3.63, 3.8) is 0 Å². The summed E-state index contributed by atoms with van der Waals surface area (Å²) < 4.78 is 0. The third-order valence-corrected chi connectivity index (χ3v) is 4.30. The highest BCUT2D eigenvalue weighted by atomic mass is 35.5. The smallest absolute Gasteiger partial charge is 0.0455 e. The van der Waals surface area contributed by atoms with Crippen LogP contribution >= 0.6 is 11.6 Å². The highest BCUT2D eigenvalue weighted by Gasteiger charge is 2.20. The Morgan fingerprint density at radius 1 is 1.28 bits per heavy atom. The van der Waals surface area contributed by atoms with Crippen LogP contribution in [-0.4, -0.2) is 30.1 Å². The van der Waals surface area contributed by atoms with Crippen molar-refractivity contribution in [1.29, 1.82) is 0 Å². The lowest BCUT2D eigenvalue weighted by atomic mass is 10.0. The van der Waals surface area contributed by atoms with E-state index in [0.29, 0.717) is 12.1 Å². The molecule has 1 aliphatic rings. The van der Waals surface area contributed by atoms with E-state index in [1.54, 1.807) is 0 Å². The van der Waals surface area contributed by atoms with Gasteiger partial charge in [-0.15, -0.1) is 0 Å². The van der Waals surface area contributed by atoms with Gasteiger partial charge in [0.1, 0.15) is 0 Å². The fourth-order valence-corrected chi connectivity index (χ4v) is 2.72. The standard InChI is InChI=1S/C15H23ClN2/c1-11(2)18-9-7-13(8-10-18)17-15-6-4-5-14(16)12(15)3/h4-6,11,13,17H,7-10H2,1-3H3. The van der Waals surface area contributed by atoms with Crippen molar-refractivity contribution in [3.8, 4) is 0 Å². The molecular weight excluding hydrogens is 244 g/mol. The lowest BCUT2D eigenvalue weighted by Gasteiger charge is -2.35. The van der Waals surface area contributed by atoms with Gasteiger partial charge in [0.25, 0.3) is 0 Å². The Labute approximate surface area is 115 Å². The molecule has 3 heteroatoms. The van der Waals surface area contributed by atoms with Crippen molar-refractivity contribution in [2.75, 3.05) is 18.4 Å². The highest BCUT2D eigenvalue weighted by molar-refractivity contribution is 6.31. The maximum absolute atomic E-state index is 6.15. The first-order chi connectivity index (χ1) is 8.58. The lowest BCUT2D eigenvalue weighted by molar-refractivity contribution is 0.177. The van der Waals surface area contributed by atoms with Crippen LogP contribution in [0, 0.1) is 6.92 Å². The number of nitrogens with one attached hydrogen (secondary N) is 1. The number of anilines is 1. The number of likely N-dealkylation sites (tertiary alicyclic amines) is 1. The Morgan fingerprint density at radius 3 is 2.56 bits per heavy atom. The van der Waals surface area contributed by atoms with E-state index in [9.17, 15) is 0 Å². The van der Waals surface area contributed by atoms with E-state index in [1.807, 2.05) is 12.1 Å². The summed E-state index contributed by atoms with van der Waals surface area (Å²) >= 11 is 6.15. The Kier molecular flexibility index (Phi) is 4.52. The number of benzene rings is 1. The average Bonchev–Trinajstić information content (AvgIpc) is 2.36. The van der Waals surface area contributed by atoms with E-state index in [0.717, 1.165) is 10.6 Å². The monoisotopic (exact) mass is 266 g/mol. The first-order valence-electron chi connectivity index (χ1n) is 6.83. The van der Waals surface area contributed by atoms with Crippen LogP contribution in [0.15, 0.2) is 18.2 Å². The summed E-state index contributed by atoms with van der Waals surface area (Å²) in [6, 6.07) is 7.33. The summed E-state index contributed by atoms with van der Waals surface area (Å²) in [5, 5.41) is 4.49. The van der Waals surface area contributed by atoms with E-state index in [1.165, 1.54) is 31.6 Å². The molecule has 1 aliphatic heterocycles. The number of piperidine rings is 1. The van der Waals surface area contributed by atoms with Crippen LogP contribution in [0.25, 0.3) is 0 Å². The van der Waals surface area contributed by atoms with Crippen molar-refractivity contribution in [2.45, 2.75) is 45.7 Å². The molecule has 18 heavy (non-hydrogen) atoms. The first-order valence-corrected chi connectivity index (χ1v) is 7.21. The molecule has 1 N–H and O–H groups in total. The van der Waals surface area contributed by atoms with Gasteiger partial charge in [-0.3, -0.25) is 0 Å². The Hall–Kier alpha value is -0.730. The zero-order chi connectivity index (χ0) is 13.1. The molecule has 0 amide bonds. The SMILES string of the molecule is Cc1c(Cl)cccc1NC1CCN(C(C)C)CC1. The second-order valence-electron chi connectivity index (χ2n) is 5.46. The van der Waals surface area contributed by atoms with Crippen LogP contribution in [0.3, 0.4) is 0 Å². The zero-order valence-electron chi connectivity index (χ0n) is 11.5. The fraction of sp³-hybridized carbons (Fsp3) is 0.600. The largest absolute Gasteiger partial charge is 0.382 e. The van der Waals surface area contributed by atoms with Crippen molar-refractivity contribution < 1.29 is 0 Å². The number of nitrogens with zero attached hydrogens (tertiary/aromatic N) is 1. The van der Waals surface area contributed by atoms with Gasteiger partial charge in [-0.25, -0.2) is 0 Å². The quantitative estimate of drug-likeness (QED) is 0.892. The zero-order valence-corrected chi connectivity index (χ0v) is 12.3. The minimum absolute atomic E-state index is 0.581. The van der Waals surface area contributed by atoms with Crippen molar-refractivity contribution in [3.05, 3.63) is 28.8 Å². The predicted molar refractivity (Wildman–Crippen MR) is 79.5 cm³/mol. The van der Waals surface area contributed by atoms with Crippen LogP contribution in [-0.2, 0) is 0 Å². The van der Waals surface area contributed by atoms with Crippen LogP contribution < -0.4 is 5.32 Å². The molecule has 1 aromatic rings. The van der Waals surface area contributed by atoms with Crippen LogP contribution in [0.1, 0.15) is 32.3 Å². The van der Waals surface area contributed by atoms with E-state index in [2.05, 4.69) is 37.1 Å². The van der Waals surface area contributed by atoms with E-state index in [4.69, 9.17) is 11.6 Å².